The molecule has 2 rings (SSSR count). The molecule has 0 aliphatic carbocycles. The van der Waals surface area contributed by atoms with Gasteiger partial charge in [0.15, 0.2) is 0 Å². The van der Waals surface area contributed by atoms with E-state index in [1.165, 1.54) is 12.1 Å². The van der Waals surface area contributed by atoms with E-state index in [0.29, 0.717) is 5.56 Å². The molecule has 0 saturated carbocycles. The first-order valence-corrected chi connectivity index (χ1v) is 7.86. The van der Waals surface area contributed by atoms with Crippen molar-refractivity contribution in [3.8, 4) is 0 Å². The van der Waals surface area contributed by atoms with Gasteiger partial charge in [-0.3, -0.25) is 14.9 Å². The van der Waals surface area contributed by atoms with Gasteiger partial charge >= 0.3 is 5.97 Å². The molecule has 0 unspecified atom stereocenters. The maximum absolute atomic E-state index is 12.0. The molecule has 26 heavy (non-hydrogen) atoms. The van der Waals surface area contributed by atoms with Gasteiger partial charge in [-0.05, 0) is 49.2 Å². The van der Waals surface area contributed by atoms with Gasteiger partial charge in [0.25, 0.3) is 5.69 Å². The maximum atomic E-state index is 12.0. The summed E-state index contributed by atoms with van der Waals surface area (Å²) >= 11 is 0. The van der Waals surface area contributed by atoms with Crippen LogP contribution in [0.3, 0.4) is 0 Å². The monoisotopic (exact) mass is 357 g/mol. The largest absolute Gasteiger partial charge is 0.460 e. The third kappa shape index (κ3) is 4.56. The molecule has 136 valence electrons. The lowest BCUT2D eigenvalue weighted by Crippen LogP contribution is -2.15. The fourth-order valence-electron chi connectivity index (χ4n) is 2.27. The number of hydrogen-bond donors (Lipinski definition) is 2. The summed E-state index contributed by atoms with van der Waals surface area (Å²) in [5, 5.41) is 13.9. The molecule has 2 aromatic rings. The zero-order valence-electron chi connectivity index (χ0n) is 14.4. The number of primary amides is 1. The lowest BCUT2D eigenvalue weighted by Gasteiger charge is -2.09. The molecule has 1 amide bonds. The number of carbonyl (C=O) groups is 2. The minimum absolute atomic E-state index is 0.0283. The van der Waals surface area contributed by atoms with Gasteiger partial charge < -0.3 is 15.8 Å². The van der Waals surface area contributed by atoms with Crippen LogP contribution in [0.25, 0.3) is 0 Å². The van der Waals surface area contributed by atoms with Crippen molar-refractivity contribution in [1.29, 1.82) is 0 Å². The molecule has 0 radical (unpaired) electrons. The summed E-state index contributed by atoms with van der Waals surface area (Å²) in [6.07, 6.45) is 0. The number of nitrogens with one attached hydrogen (secondary N) is 1. The first-order chi connectivity index (χ1) is 12.3. The Hall–Kier alpha value is -3.42. The van der Waals surface area contributed by atoms with Gasteiger partial charge in [0.1, 0.15) is 12.3 Å². The highest BCUT2D eigenvalue weighted by Gasteiger charge is 2.16. The van der Waals surface area contributed by atoms with Gasteiger partial charge in [-0.25, -0.2) is 4.79 Å². The number of carbonyl (C=O) groups excluding carboxylic acids is 2. The molecule has 0 atom stereocenters. The molecule has 0 aromatic heterocycles. The number of rotatable bonds is 7. The summed E-state index contributed by atoms with van der Waals surface area (Å²) in [6, 6.07) is 9.16. The zero-order chi connectivity index (χ0) is 19.3. The number of anilines is 1. The topological polar surface area (TPSA) is 125 Å². The van der Waals surface area contributed by atoms with Crippen LogP contribution in [0.15, 0.2) is 36.4 Å². The Balaban J connectivity index is 1.95. The number of nitro benzene ring substituents is 1. The summed E-state index contributed by atoms with van der Waals surface area (Å²) < 4.78 is 5.16. The number of esters is 1. The van der Waals surface area contributed by atoms with Crippen LogP contribution in [0.2, 0.25) is 0 Å². The average molecular weight is 357 g/mol. The van der Waals surface area contributed by atoms with Crippen LogP contribution in [-0.2, 0) is 4.74 Å². The highest BCUT2D eigenvalue weighted by Crippen LogP contribution is 2.25. The number of nitrogens with two attached hydrogens (primary N) is 1. The van der Waals surface area contributed by atoms with Crippen LogP contribution in [0.4, 0.5) is 11.4 Å². The second kappa shape index (κ2) is 8.11. The molecule has 0 aliphatic heterocycles. The van der Waals surface area contributed by atoms with Gasteiger partial charge in [0, 0.05) is 18.2 Å². The SMILES string of the molecule is Cc1ccc(C(=O)OCCNc2ccc(C(N)=O)cc2[N+](=O)[O-])cc1C. The Morgan fingerprint density at radius 3 is 2.42 bits per heavy atom. The predicted octanol–water partition coefficient (Wildman–Crippen LogP) is 2.58. The van der Waals surface area contributed by atoms with Gasteiger partial charge in [0.2, 0.25) is 5.91 Å². The second-order valence-corrected chi connectivity index (χ2v) is 5.72. The molecule has 0 saturated heterocycles. The fraction of sp³-hybridized carbons (Fsp3) is 0.222. The van der Waals surface area contributed by atoms with Crippen LogP contribution in [-0.4, -0.2) is 30.0 Å². The smallest absolute Gasteiger partial charge is 0.338 e. The number of benzene rings is 2. The van der Waals surface area contributed by atoms with Crippen molar-refractivity contribution in [2.75, 3.05) is 18.5 Å². The minimum Gasteiger partial charge on any atom is -0.460 e. The molecule has 0 bridgehead atoms. The number of ether oxygens (including phenoxy) is 1. The van der Waals surface area contributed by atoms with Crippen LogP contribution in [0.1, 0.15) is 31.8 Å². The summed E-state index contributed by atoms with van der Waals surface area (Å²) in [6.45, 7) is 4.06. The summed E-state index contributed by atoms with van der Waals surface area (Å²) in [5.41, 5.74) is 7.62. The van der Waals surface area contributed by atoms with Gasteiger partial charge in [-0.15, -0.1) is 0 Å². The third-order valence-corrected chi connectivity index (χ3v) is 3.87. The normalized spacial score (nSPS) is 10.2. The van der Waals surface area contributed by atoms with Crippen molar-refractivity contribution in [2.45, 2.75) is 13.8 Å². The van der Waals surface area contributed by atoms with Crippen molar-refractivity contribution in [3.63, 3.8) is 0 Å². The lowest BCUT2D eigenvalue weighted by atomic mass is 10.1. The lowest BCUT2D eigenvalue weighted by molar-refractivity contribution is -0.384. The molecule has 0 fully saturated rings. The van der Waals surface area contributed by atoms with E-state index in [0.717, 1.165) is 17.2 Å². The molecule has 2 aromatic carbocycles. The van der Waals surface area contributed by atoms with E-state index in [1.807, 2.05) is 19.9 Å². The molecule has 8 nitrogen and oxygen atoms in total. The van der Waals surface area contributed by atoms with E-state index in [4.69, 9.17) is 10.5 Å². The van der Waals surface area contributed by atoms with Crippen LogP contribution >= 0.6 is 0 Å². The molecule has 8 heteroatoms. The van der Waals surface area contributed by atoms with E-state index in [2.05, 4.69) is 5.32 Å². The third-order valence-electron chi connectivity index (χ3n) is 3.87. The van der Waals surface area contributed by atoms with Crippen LogP contribution < -0.4 is 11.1 Å². The van der Waals surface area contributed by atoms with E-state index in [-0.39, 0.29) is 30.1 Å². The number of aryl methyl sites for hydroxylation is 2. The van der Waals surface area contributed by atoms with Crippen molar-refractivity contribution in [1.82, 2.24) is 0 Å². The van der Waals surface area contributed by atoms with Crippen molar-refractivity contribution < 1.29 is 19.2 Å². The molecule has 0 heterocycles. The highest BCUT2D eigenvalue weighted by molar-refractivity contribution is 5.94. The van der Waals surface area contributed by atoms with Crippen molar-refractivity contribution in [2.24, 2.45) is 5.73 Å². The standard InChI is InChI=1S/C18H19N3O5/c1-11-3-4-14(9-12(11)2)18(23)26-8-7-20-15-6-5-13(17(19)22)10-16(15)21(24)25/h3-6,9-10,20H,7-8H2,1-2H3,(H2,19,22). The van der Waals surface area contributed by atoms with E-state index < -0.39 is 16.8 Å². The molecule has 0 aliphatic rings. The summed E-state index contributed by atoms with van der Waals surface area (Å²) in [5.74, 6) is -1.21. The Labute approximate surface area is 150 Å². The van der Waals surface area contributed by atoms with Gasteiger partial charge in [-0.1, -0.05) is 6.07 Å². The number of nitrogens with zero attached hydrogens (tertiary/aromatic N) is 1. The molecule has 3 N–H and O–H groups in total. The quantitative estimate of drug-likeness (QED) is 0.340. The van der Waals surface area contributed by atoms with E-state index in [1.54, 1.807) is 12.1 Å². The fourth-order valence-corrected chi connectivity index (χ4v) is 2.27. The maximum Gasteiger partial charge on any atom is 0.338 e. The summed E-state index contributed by atoms with van der Waals surface area (Å²) in [4.78, 5) is 33.6. The minimum atomic E-state index is -0.748. The Morgan fingerprint density at radius 2 is 1.81 bits per heavy atom. The highest BCUT2D eigenvalue weighted by atomic mass is 16.6. The van der Waals surface area contributed by atoms with Crippen molar-refractivity contribution in [3.05, 3.63) is 68.8 Å². The van der Waals surface area contributed by atoms with Gasteiger partial charge in [-0.2, -0.15) is 0 Å². The second-order valence-electron chi connectivity index (χ2n) is 5.72. The Kier molecular flexibility index (Phi) is 5.90. The van der Waals surface area contributed by atoms with Crippen LogP contribution in [0, 0.1) is 24.0 Å². The molecular weight excluding hydrogens is 338 g/mol. The van der Waals surface area contributed by atoms with E-state index >= 15 is 0 Å². The zero-order valence-corrected chi connectivity index (χ0v) is 14.4. The number of hydrogen-bond acceptors (Lipinski definition) is 6. The Bertz CT molecular complexity index is 864. The molecular formula is C18H19N3O5. The Morgan fingerprint density at radius 1 is 1.12 bits per heavy atom. The predicted molar refractivity (Wildman–Crippen MR) is 96.3 cm³/mol. The average Bonchev–Trinajstić information content (AvgIpc) is 2.60. The van der Waals surface area contributed by atoms with Gasteiger partial charge in [0.05, 0.1) is 10.5 Å². The summed E-state index contributed by atoms with van der Waals surface area (Å²) in [7, 11) is 0. The van der Waals surface area contributed by atoms with Crippen LogP contribution in [0.5, 0.6) is 0 Å². The number of amides is 1. The molecule has 0 spiro atoms. The number of nitro groups is 1. The van der Waals surface area contributed by atoms with Crippen molar-refractivity contribution >= 4 is 23.3 Å². The first-order valence-electron chi connectivity index (χ1n) is 7.86. The first kappa shape index (κ1) is 18.9. The van der Waals surface area contributed by atoms with E-state index in [9.17, 15) is 19.7 Å².